The van der Waals surface area contributed by atoms with Gasteiger partial charge in [-0.3, -0.25) is 4.79 Å². The van der Waals surface area contributed by atoms with Crippen molar-refractivity contribution in [1.82, 2.24) is 0 Å². The summed E-state index contributed by atoms with van der Waals surface area (Å²) in [5.41, 5.74) is 3.67. The molecule has 0 aliphatic carbocycles. The Morgan fingerprint density at radius 1 is 1.19 bits per heavy atom. The molecule has 3 nitrogen and oxygen atoms in total. The van der Waals surface area contributed by atoms with E-state index in [1.165, 1.54) is 0 Å². The molecule has 1 heterocycles. The van der Waals surface area contributed by atoms with Crippen molar-refractivity contribution in [2.45, 2.75) is 32.6 Å². The van der Waals surface area contributed by atoms with Gasteiger partial charge in [0.15, 0.2) is 5.78 Å². The summed E-state index contributed by atoms with van der Waals surface area (Å²) in [6, 6.07) is 9.49. The van der Waals surface area contributed by atoms with Crippen LogP contribution in [0.3, 0.4) is 0 Å². The van der Waals surface area contributed by atoms with Crippen molar-refractivity contribution in [2.75, 3.05) is 5.75 Å². The smallest absolute Gasteiger partial charge is 0.189 e. The third-order valence-corrected chi connectivity index (χ3v) is 5.86. The van der Waals surface area contributed by atoms with Crippen molar-refractivity contribution >= 4 is 34.6 Å². The number of phenolic OH excluding ortho intramolecular Hbond substituents is 1. The number of carbonyl (C=O) groups is 1. The zero-order valence-corrected chi connectivity index (χ0v) is 16.9. The van der Waals surface area contributed by atoms with Crippen molar-refractivity contribution in [3.8, 4) is 5.75 Å². The number of thioether (sulfide) groups is 1. The van der Waals surface area contributed by atoms with Gasteiger partial charge in [0.1, 0.15) is 11.3 Å². The van der Waals surface area contributed by atoms with Crippen molar-refractivity contribution in [2.24, 2.45) is 5.92 Å². The molecule has 1 aromatic heterocycles. The molecule has 1 N–H and O–H groups in total. The van der Waals surface area contributed by atoms with E-state index in [9.17, 15) is 9.90 Å². The summed E-state index contributed by atoms with van der Waals surface area (Å²) in [7, 11) is 0. The quantitative estimate of drug-likeness (QED) is 0.305. The van der Waals surface area contributed by atoms with Gasteiger partial charge in [-0.15, -0.1) is 11.8 Å². The van der Waals surface area contributed by atoms with E-state index >= 15 is 0 Å². The summed E-state index contributed by atoms with van der Waals surface area (Å²) in [6.45, 7) is 8.08. The Balaban J connectivity index is 1.88. The second-order valence-corrected chi connectivity index (χ2v) is 8.24. The molecule has 0 fully saturated rings. The average molecular weight is 381 g/mol. The van der Waals surface area contributed by atoms with E-state index in [2.05, 4.69) is 13.8 Å². The summed E-state index contributed by atoms with van der Waals surface area (Å²) in [6.07, 6.45) is 4.97. The molecule has 2 aromatic carbocycles. The van der Waals surface area contributed by atoms with Gasteiger partial charge in [-0.1, -0.05) is 19.9 Å². The largest absolute Gasteiger partial charge is 0.507 e. The minimum Gasteiger partial charge on any atom is -0.507 e. The van der Waals surface area contributed by atoms with Crippen LogP contribution >= 0.6 is 11.8 Å². The maximum absolute atomic E-state index is 12.7. The van der Waals surface area contributed by atoms with Crippen LogP contribution in [0.4, 0.5) is 0 Å². The van der Waals surface area contributed by atoms with E-state index in [1.807, 2.05) is 44.2 Å². The van der Waals surface area contributed by atoms with E-state index in [1.54, 1.807) is 30.2 Å². The molecule has 27 heavy (non-hydrogen) atoms. The number of ketones is 1. The van der Waals surface area contributed by atoms with Crippen molar-refractivity contribution in [1.29, 1.82) is 0 Å². The zero-order valence-electron chi connectivity index (χ0n) is 16.1. The lowest BCUT2D eigenvalue weighted by Gasteiger charge is -2.07. The first-order valence-electron chi connectivity index (χ1n) is 9.02. The van der Waals surface area contributed by atoms with Gasteiger partial charge in [0.2, 0.25) is 0 Å². The SMILES string of the molecule is Cc1cc(/C=C/C(=O)c2ccc(SCC(C)C)c3ccoc23)cc(C)c1O. The predicted molar refractivity (Wildman–Crippen MR) is 113 cm³/mol. The lowest BCUT2D eigenvalue weighted by atomic mass is 10.0. The molecule has 0 saturated carbocycles. The minimum absolute atomic E-state index is 0.0984. The second-order valence-electron chi connectivity index (χ2n) is 7.18. The Kier molecular flexibility index (Phi) is 5.76. The number of aromatic hydroxyl groups is 1. The molecule has 0 radical (unpaired) electrons. The maximum atomic E-state index is 12.7. The third-order valence-electron chi connectivity index (χ3n) is 4.35. The molecule has 3 rings (SSSR count). The van der Waals surface area contributed by atoms with Crippen LogP contribution in [0.15, 0.2) is 52.0 Å². The van der Waals surface area contributed by atoms with Gasteiger partial charge < -0.3 is 9.52 Å². The fourth-order valence-electron chi connectivity index (χ4n) is 2.96. The summed E-state index contributed by atoms with van der Waals surface area (Å²) in [5, 5.41) is 10.9. The molecule has 0 aliphatic heterocycles. The first-order chi connectivity index (χ1) is 12.9. The monoisotopic (exact) mass is 380 g/mol. The number of carbonyl (C=O) groups excluding carboxylic acids is 1. The van der Waals surface area contributed by atoms with Crippen LogP contribution in [0.5, 0.6) is 5.75 Å². The Hall–Kier alpha value is -2.46. The molecule has 0 aliphatic rings. The van der Waals surface area contributed by atoms with Gasteiger partial charge in [0, 0.05) is 16.0 Å². The first-order valence-corrected chi connectivity index (χ1v) is 10.0. The molecule has 0 spiro atoms. The molecule has 0 saturated heterocycles. The number of rotatable bonds is 6. The normalized spacial score (nSPS) is 11.7. The van der Waals surface area contributed by atoms with Crippen molar-refractivity contribution < 1.29 is 14.3 Å². The van der Waals surface area contributed by atoms with Crippen LogP contribution < -0.4 is 0 Å². The highest BCUT2D eigenvalue weighted by molar-refractivity contribution is 7.99. The molecule has 0 unspecified atom stereocenters. The zero-order chi connectivity index (χ0) is 19.6. The standard InChI is InChI=1S/C23H24O3S/c1-14(2)13-27-21-8-6-18(23-19(21)9-10-26-23)20(24)7-5-17-11-15(3)22(25)16(4)12-17/h5-12,14,25H,13H2,1-4H3/b7-5+. The molecule has 0 amide bonds. The number of allylic oxidation sites excluding steroid dienone is 1. The maximum Gasteiger partial charge on any atom is 0.189 e. The van der Waals surface area contributed by atoms with Gasteiger partial charge in [0.05, 0.1) is 11.8 Å². The Labute approximate surface area is 164 Å². The highest BCUT2D eigenvalue weighted by Crippen LogP contribution is 2.32. The Bertz CT molecular complexity index is 989. The Morgan fingerprint density at radius 3 is 2.56 bits per heavy atom. The first kappa shape index (κ1) is 19.3. The van der Waals surface area contributed by atoms with Gasteiger partial charge >= 0.3 is 0 Å². The molecule has 4 heteroatoms. The Morgan fingerprint density at radius 2 is 1.89 bits per heavy atom. The van der Waals surface area contributed by atoms with Crippen LogP contribution in [0.25, 0.3) is 17.0 Å². The van der Waals surface area contributed by atoms with Crippen molar-refractivity contribution in [3.63, 3.8) is 0 Å². The van der Waals surface area contributed by atoms with Gasteiger partial charge in [0.25, 0.3) is 0 Å². The fourth-order valence-corrected chi connectivity index (χ4v) is 3.95. The molecular formula is C23H24O3S. The van der Waals surface area contributed by atoms with Crippen LogP contribution in [0.2, 0.25) is 0 Å². The number of furan rings is 1. The van der Waals surface area contributed by atoms with Gasteiger partial charge in [-0.2, -0.15) is 0 Å². The summed E-state index contributed by atoms with van der Waals surface area (Å²) in [5.74, 6) is 1.81. The van der Waals surface area contributed by atoms with Gasteiger partial charge in [-0.25, -0.2) is 0 Å². The molecule has 0 atom stereocenters. The number of phenols is 1. The van der Waals surface area contributed by atoms with Crippen LogP contribution in [-0.4, -0.2) is 16.6 Å². The molecule has 3 aromatic rings. The van der Waals surface area contributed by atoms with Crippen LogP contribution in [0.1, 0.15) is 40.9 Å². The highest BCUT2D eigenvalue weighted by atomic mass is 32.2. The number of fused-ring (bicyclic) bond motifs is 1. The van der Waals surface area contributed by atoms with Crippen LogP contribution in [0, 0.1) is 19.8 Å². The summed E-state index contributed by atoms with van der Waals surface area (Å²) in [4.78, 5) is 13.9. The van der Waals surface area contributed by atoms with E-state index < -0.39 is 0 Å². The van der Waals surface area contributed by atoms with E-state index in [4.69, 9.17) is 4.42 Å². The van der Waals surface area contributed by atoms with E-state index in [0.717, 1.165) is 32.7 Å². The molecule has 0 bridgehead atoms. The number of hydrogen-bond donors (Lipinski definition) is 1. The lowest BCUT2D eigenvalue weighted by molar-refractivity contribution is 0.104. The topological polar surface area (TPSA) is 50.4 Å². The summed E-state index contributed by atoms with van der Waals surface area (Å²) < 4.78 is 5.62. The number of benzene rings is 2. The highest BCUT2D eigenvalue weighted by Gasteiger charge is 2.14. The minimum atomic E-state index is -0.0984. The van der Waals surface area contributed by atoms with Crippen molar-refractivity contribution in [3.05, 3.63) is 64.9 Å². The second kappa shape index (κ2) is 8.05. The van der Waals surface area contributed by atoms with Crippen LogP contribution in [-0.2, 0) is 0 Å². The number of aryl methyl sites for hydroxylation is 2. The molecular weight excluding hydrogens is 356 g/mol. The lowest BCUT2D eigenvalue weighted by Crippen LogP contribution is -1.96. The predicted octanol–water partition coefficient (Wildman–Crippen LogP) is 6.40. The van der Waals surface area contributed by atoms with E-state index in [-0.39, 0.29) is 5.78 Å². The fraction of sp³-hybridized carbons (Fsp3) is 0.261. The van der Waals surface area contributed by atoms with Gasteiger partial charge in [-0.05, 0) is 72.9 Å². The number of hydrogen-bond acceptors (Lipinski definition) is 4. The molecule has 140 valence electrons. The summed E-state index contributed by atoms with van der Waals surface area (Å²) >= 11 is 1.78. The van der Waals surface area contributed by atoms with E-state index in [0.29, 0.717) is 22.8 Å². The average Bonchev–Trinajstić information content (AvgIpc) is 3.11. The third kappa shape index (κ3) is 4.28.